The van der Waals surface area contributed by atoms with E-state index in [0.29, 0.717) is 21.0 Å². The first kappa shape index (κ1) is 18.4. The van der Waals surface area contributed by atoms with E-state index >= 15 is 0 Å². The van der Waals surface area contributed by atoms with E-state index in [9.17, 15) is 13.2 Å². The highest BCUT2D eigenvalue weighted by atomic mass is 32.2. The molecule has 28 heavy (non-hydrogen) atoms. The van der Waals surface area contributed by atoms with E-state index in [1.54, 1.807) is 30.6 Å². The SMILES string of the molecule is CN(C)S(=O)(=O)c1cccc(-n2cnc3nc(-c4cccnc4)sc3c2=O)c1. The van der Waals surface area contributed by atoms with Crippen LogP contribution in [0, 0.1) is 0 Å². The first-order valence-electron chi connectivity index (χ1n) is 8.19. The van der Waals surface area contributed by atoms with E-state index < -0.39 is 10.0 Å². The van der Waals surface area contributed by atoms with Crippen molar-refractivity contribution in [2.24, 2.45) is 0 Å². The number of nitrogens with zero attached hydrogens (tertiary/aromatic N) is 5. The standard InChI is InChI=1S/C18H15N5O3S2/c1-22(2)28(25,26)14-7-3-6-13(9-14)23-11-20-16-15(18(23)24)27-17(21-16)12-5-4-8-19-10-12/h3-11H,1-2H3. The molecule has 0 spiro atoms. The molecule has 1 aromatic carbocycles. The normalized spacial score (nSPS) is 12.0. The van der Waals surface area contributed by atoms with Crippen LogP contribution in [0.25, 0.3) is 26.6 Å². The second-order valence-corrected chi connectivity index (χ2v) is 9.27. The molecule has 10 heteroatoms. The molecule has 0 aliphatic carbocycles. The van der Waals surface area contributed by atoms with Gasteiger partial charge >= 0.3 is 0 Å². The fourth-order valence-electron chi connectivity index (χ4n) is 2.61. The van der Waals surface area contributed by atoms with Crippen molar-refractivity contribution in [1.82, 2.24) is 23.8 Å². The molecule has 8 nitrogen and oxygen atoms in total. The maximum atomic E-state index is 13.0. The molecule has 0 N–H and O–H groups in total. The van der Waals surface area contributed by atoms with E-state index in [1.807, 2.05) is 6.07 Å². The van der Waals surface area contributed by atoms with Crippen LogP contribution in [0.15, 0.2) is 64.8 Å². The summed E-state index contributed by atoms with van der Waals surface area (Å²) in [6, 6.07) is 9.85. The van der Waals surface area contributed by atoms with Gasteiger partial charge < -0.3 is 0 Å². The van der Waals surface area contributed by atoms with E-state index in [2.05, 4.69) is 15.0 Å². The summed E-state index contributed by atoms with van der Waals surface area (Å²) < 4.78 is 27.6. The van der Waals surface area contributed by atoms with Crippen LogP contribution in [0.2, 0.25) is 0 Å². The van der Waals surface area contributed by atoms with Crippen LogP contribution in [-0.4, -0.2) is 46.3 Å². The number of fused-ring (bicyclic) bond motifs is 1. The molecule has 0 radical (unpaired) electrons. The van der Waals surface area contributed by atoms with Crippen molar-refractivity contribution in [1.29, 1.82) is 0 Å². The van der Waals surface area contributed by atoms with Gasteiger partial charge in [-0.1, -0.05) is 6.07 Å². The molecule has 4 rings (SSSR count). The summed E-state index contributed by atoms with van der Waals surface area (Å²) in [7, 11) is -0.699. The molecule has 0 atom stereocenters. The van der Waals surface area contributed by atoms with Crippen LogP contribution < -0.4 is 5.56 Å². The lowest BCUT2D eigenvalue weighted by molar-refractivity contribution is 0.520. The van der Waals surface area contributed by atoms with E-state index in [-0.39, 0.29) is 10.5 Å². The predicted molar refractivity (Wildman–Crippen MR) is 107 cm³/mol. The second kappa shape index (κ2) is 6.89. The zero-order chi connectivity index (χ0) is 19.9. The van der Waals surface area contributed by atoms with Crippen molar-refractivity contribution in [3.63, 3.8) is 0 Å². The molecule has 0 unspecified atom stereocenters. The van der Waals surface area contributed by atoms with Gasteiger partial charge in [-0.15, -0.1) is 11.3 Å². The predicted octanol–water partition coefficient (Wildman–Crippen LogP) is 2.15. The highest BCUT2D eigenvalue weighted by Gasteiger charge is 2.19. The number of benzene rings is 1. The molecule has 0 saturated heterocycles. The zero-order valence-electron chi connectivity index (χ0n) is 15.0. The zero-order valence-corrected chi connectivity index (χ0v) is 16.6. The highest BCUT2D eigenvalue weighted by Crippen LogP contribution is 2.27. The Morgan fingerprint density at radius 1 is 1.14 bits per heavy atom. The fourth-order valence-corrected chi connectivity index (χ4v) is 4.50. The molecule has 0 bridgehead atoms. The van der Waals surface area contributed by atoms with Gasteiger partial charge in [-0.3, -0.25) is 14.3 Å². The summed E-state index contributed by atoms with van der Waals surface area (Å²) in [5.74, 6) is 0. The molecule has 0 fully saturated rings. The Bertz CT molecular complexity index is 1330. The molecule has 3 heterocycles. The van der Waals surface area contributed by atoms with Gasteiger partial charge in [-0.25, -0.2) is 22.7 Å². The smallest absolute Gasteiger partial charge is 0.267 e. The van der Waals surface area contributed by atoms with Crippen molar-refractivity contribution in [2.75, 3.05) is 14.1 Å². The topological polar surface area (TPSA) is 98.1 Å². The molecule has 0 amide bonds. The Morgan fingerprint density at radius 3 is 2.68 bits per heavy atom. The monoisotopic (exact) mass is 413 g/mol. The van der Waals surface area contributed by atoms with Crippen LogP contribution in [0.3, 0.4) is 0 Å². The summed E-state index contributed by atoms with van der Waals surface area (Å²) in [5.41, 5.74) is 1.26. The Labute approximate surface area is 164 Å². The Balaban J connectivity index is 1.85. The van der Waals surface area contributed by atoms with Crippen molar-refractivity contribution < 1.29 is 8.42 Å². The summed E-state index contributed by atoms with van der Waals surface area (Å²) in [4.78, 5) is 25.8. The third kappa shape index (κ3) is 3.11. The number of rotatable bonds is 4. The van der Waals surface area contributed by atoms with Gasteiger partial charge in [0.05, 0.1) is 10.6 Å². The average molecular weight is 413 g/mol. The third-order valence-electron chi connectivity index (χ3n) is 4.10. The van der Waals surface area contributed by atoms with Gasteiger partial charge in [0.25, 0.3) is 5.56 Å². The lowest BCUT2D eigenvalue weighted by Crippen LogP contribution is -2.23. The van der Waals surface area contributed by atoms with E-state index in [0.717, 1.165) is 9.87 Å². The largest absolute Gasteiger partial charge is 0.277 e. The Morgan fingerprint density at radius 2 is 1.96 bits per heavy atom. The first-order valence-corrected chi connectivity index (χ1v) is 10.4. The van der Waals surface area contributed by atoms with Crippen molar-refractivity contribution in [2.45, 2.75) is 4.90 Å². The van der Waals surface area contributed by atoms with Crippen LogP contribution in [0.1, 0.15) is 0 Å². The lowest BCUT2D eigenvalue weighted by Gasteiger charge is -2.12. The van der Waals surface area contributed by atoms with Crippen LogP contribution in [0.5, 0.6) is 0 Å². The number of pyridine rings is 1. The number of sulfonamides is 1. The van der Waals surface area contributed by atoms with Crippen LogP contribution in [-0.2, 0) is 10.0 Å². The minimum absolute atomic E-state index is 0.0994. The van der Waals surface area contributed by atoms with E-state index in [1.165, 1.54) is 48.5 Å². The van der Waals surface area contributed by atoms with Gasteiger partial charge in [-0.2, -0.15) is 0 Å². The number of thiazole rings is 1. The van der Waals surface area contributed by atoms with Crippen molar-refractivity contribution in [3.8, 4) is 16.3 Å². The minimum Gasteiger partial charge on any atom is -0.267 e. The fraction of sp³-hybridized carbons (Fsp3) is 0.111. The molecule has 4 aromatic rings. The van der Waals surface area contributed by atoms with Gasteiger partial charge in [-0.05, 0) is 30.3 Å². The molecule has 142 valence electrons. The van der Waals surface area contributed by atoms with Gasteiger partial charge in [0, 0.05) is 32.1 Å². The molecule has 0 aliphatic rings. The molecular formula is C18H15N5O3S2. The summed E-state index contributed by atoms with van der Waals surface area (Å²) >= 11 is 1.23. The van der Waals surface area contributed by atoms with Crippen LogP contribution >= 0.6 is 11.3 Å². The molecular weight excluding hydrogens is 398 g/mol. The second-order valence-electron chi connectivity index (χ2n) is 6.12. The summed E-state index contributed by atoms with van der Waals surface area (Å²) in [5, 5.41) is 0.648. The molecule has 0 aliphatic heterocycles. The van der Waals surface area contributed by atoms with Gasteiger partial charge in [0.1, 0.15) is 16.0 Å². The number of hydrogen-bond donors (Lipinski definition) is 0. The quantitative estimate of drug-likeness (QED) is 0.508. The van der Waals surface area contributed by atoms with Crippen molar-refractivity contribution in [3.05, 3.63) is 65.5 Å². The molecule has 0 saturated carbocycles. The van der Waals surface area contributed by atoms with Gasteiger partial charge in [0.15, 0.2) is 5.65 Å². The van der Waals surface area contributed by atoms with Gasteiger partial charge in [0.2, 0.25) is 10.0 Å². The Hall–Kier alpha value is -2.95. The van der Waals surface area contributed by atoms with E-state index in [4.69, 9.17) is 0 Å². The molecule has 3 aromatic heterocycles. The highest BCUT2D eigenvalue weighted by molar-refractivity contribution is 7.89. The third-order valence-corrected chi connectivity index (χ3v) is 6.99. The minimum atomic E-state index is -3.61. The average Bonchev–Trinajstić information content (AvgIpc) is 3.14. The van der Waals surface area contributed by atoms with Crippen molar-refractivity contribution >= 4 is 31.7 Å². The summed E-state index contributed by atoms with van der Waals surface area (Å²) in [6.45, 7) is 0. The first-order chi connectivity index (χ1) is 13.4. The van der Waals surface area contributed by atoms with Crippen LogP contribution in [0.4, 0.5) is 0 Å². The summed E-state index contributed by atoms with van der Waals surface area (Å²) in [6.07, 6.45) is 4.70. The lowest BCUT2D eigenvalue weighted by atomic mass is 10.3. The number of hydrogen-bond acceptors (Lipinski definition) is 7. The Kier molecular flexibility index (Phi) is 4.53. The maximum Gasteiger partial charge on any atom is 0.277 e. The number of aromatic nitrogens is 4. The maximum absolute atomic E-state index is 13.0.